The van der Waals surface area contributed by atoms with E-state index in [9.17, 15) is 0 Å². The third-order valence-corrected chi connectivity index (χ3v) is 20.4. The van der Waals surface area contributed by atoms with Gasteiger partial charge in [0.1, 0.15) is 0 Å². The van der Waals surface area contributed by atoms with E-state index in [2.05, 4.69) is 184 Å². The summed E-state index contributed by atoms with van der Waals surface area (Å²) < 4.78 is 4.08. The topological polar surface area (TPSA) is 38.7 Å². The van der Waals surface area contributed by atoms with Crippen molar-refractivity contribution in [2.75, 3.05) is 0 Å². The van der Waals surface area contributed by atoms with E-state index in [1.165, 1.54) is 162 Å². The summed E-state index contributed by atoms with van der Waals surface area (Å²) in [5.41, 5.74) is 35.0. The normalized spacial score (nSPS) is 11.3. The van der Waals surface area contributed by atoms with Crippen LogP contribution in [0.1, 0.15) is 134 Å². The number of hydrogen-bond acceptors (Lipinski definition) is 6. The maximum absolute atomic E-state index is 4.88. The second-order valence-electron chi connectivity index (χ2n) is 20.0. The number of fused-ring (bicyclic) bond motifs is 3. The first-order chi connectivity index (χ1) is 32.2. The number of pyridine rings is 3. The fourth-order valence-corrected chi connectivity index (χ4v) is 13.4. The van der Waals surface area contributed by atoms with Gasteiger partial charge >= 0.3 is 20.1 Å². The predicted molar refractivity (Wildman–Crippen MR) is 305 cm³/mol. The summed E-state index contributed by atoms with van der Waals surface area (Å²) in [5, 5.41) is 3.80. The van der Waals surface area contributed by atoms with Gasteiger partial charge in [-0.3, -0.25) is 15.0 Å². The van der Waals surface area contributed by atoms with E-state index in [0.29, 0.717) is 0 Å². The average Bonchev–Trinajstić information content (AvgIpc) is 4.10. The molecular formula is C63H72IrN3S3. The maximum atomic E-state index is 4.88. The molecule has 6 heterocycles. The van der Waals surface area contributed by atoms with Crippen LogP contribution in [0.2, 0.25) is 0 Å². The molecule has 366 valence electrons. The van der Waals surface area contributed by atoms with Gasteiger partial charge in [0.25, 0.3) is 0 Å². The van der Waals surface area contributed by atoms with E-state index in [1.807, 2.05) is 34.0 Å². The Kier molecular flexibility index (Phi) is 16.2. The molecule has 0 radical (unpaired) electrons. The Morgan fingerprint density at radius 2 is 0.414 bits per heavy atom. The molecule has 70 heavy (non-hydrogen) atoms. The zero-order valence-corrected chi connectivity index (χ0v) is 51.2. The molecule has 0 fully saturated rings. The van der Waals surface area contributed by atoms with Gasteiger partial charge < -0.3 is 0 Å². The molecule has 7 heteroatoms. The number of benzene rings is 3. The van der Waals surface area contributed by atoms with Crippen LogP contribution in [0.3, 0.4) is 0 Å². The van der Waals surface area contributed by atoms with Crippen molar-refractivity contribution in [1.29, 1.82) is 0 Å². The van der Waals surface area contributed by atoms with Crippen LogP contribution >= 0.6 is 34.0 Å². The van der Waals surface area contributed by atoms with Crippen LogP contribution < -0.4 is 0 Å². The van der Waals surface area contributed by atoms with E-state index in [-0.39, 0.29) is 20.1 Å². The minimum absolute atomic E-state index is 0. The molecule has 0 N–H and O–H groups in total. The second-order valence-corrected chi connectivity index (χ2v) is 23.1. The van der Waals surface area contributed by atoms with Crippen LogP contribution in [-0.2, 0) is 20.1 Å². The summed E-state index contributed by atoms with van der Waals surface area (Å²) in [6.07, 6.45) is 0. The first-order valence-electron chi connectivity index (χ1n) is 24.3. The first kappa shape index (κ1) is 55.0. The van der Waals surface area contributed by atoms with Crippen molar-refractivity contribution >= 4 is 64.3 Å². The van der Waals surface area contributed by atoms with E-state index < -0.39 is 0 Å². The van der Waals surface area contributed by atoms with Gasteiger partial charge in [0, 0.05) is 34.2 Å². The van der Waals surface area contributed by atoms with Gasteiger partial charge in [-0.2, -0.15) is 0 Å². The maximum Gasteiger partial charge on any atom is 3.00 e. The zero-order valence-electron chi connectivity index (χ0n) is 46.4. The molecule has 0 aliphatic carbocycles. The fraction of sp³-hybridized carbons (Fsp3) is 0.381. The van der Waals surface area contributed by atoms with E-state index in [0.717, 1.165) is 34.2 Å². The second kappa shape index (κ2) is 20.6. The van der Waals surface area contributed by atoms with Gasteiger partial charge in [0.05, 0.1) is 0 Å². The number of hydrogen-bond donors (Lipinski definition) is 0. The summed E-state index contributed by atoms with van der Waals surface area (Å²) in [6, 6.07) is 11.0. The van der Waals surface area contributed by atoms with Crippen LogP contribution in [-0.4, -0.2) is 15.0 Å². The fourth-order valence-electron chi connectivity index (χ4n) is 9.57. The summed E-state index contributed by atoms with van der Waals surface area (Å²) >= 11 is 5.50. The summed E-state index contributed by atoms with van der Waals surface area (Å²) in [5.74, 6) is 0. The van der Waals surface area contributed by atoms with Crippen molar-refractivity contribution in [1.82, 2.24) is 15.0 Å². The molecule has 0 aliphatic heterocycles. The average molecular weight is 1160 g/mol. The molecule has 0 atom stereocenters. The van der Waals surface area contributed by atoms with E-state index in [1.54, 1.807) is 0 Å². The monoisotopic (exact) mass is 1160 g/mol. The third kappa shape index (κ3) is 9.32. The third-order valence-electron chi connectivity index (χ3n) is 16.8. The molecule has 9 rings (SSSR count). The van der Waals surface area contributed by atoms with E-state index >= 15 is 0 Å². The largest absolute Gasteiger partial charge is 3.00 e. The number of rotatable bonds is 3. The van der Waals surface area contributed by atoms with Gasteiger partial charge in [-0.1, -0.05) is 104 Å². The molecule has 0 amide bonds. The molecule has 0 unspecified atom stereocenters. The Bertz CT molecular complexity index is 3080. The van der Waals surface area contributed by atoms with Crippen LogP contribution in [0.15, 0.2) is 0 Å². The predicted octanol–water partition coefficient (Wildman–Crippen LogP) is 18.7. The van der Waals surface area contributed by atoms with Crippen molar-refractivity contribution in [3.05, 3.63) is 152 Å². The summed E-state index contributed by atoms with van der Waals surface area (Å²) in [6.45, 7) is 52.5. The Morgan fingerprint density at radius 1 is 0.229 bits per heavy atom. The number of aryl methyl sites for hydroxylation is 9. The molecule has 0 spiro atoms. The molecule has 0 aliphatic rings. The SMILES string of the molecule is Cc1nc(-c2[c-]c3c(C)c(C)c(C)c(C)c3s2)c(C)c(C)c1C.Cc1nc(-c2[c-]c3c(C)c(C)c(C)c(C)c3s2)c(C)c(C)c1C.Cc1nc(-c2[c-]c3c(C)c(C)c(C)c(C)c3s2)c(C)c(C)c1C.[Ir+3]. The van der Waals surface area contributed by atoms with Gasteiger partial charge in [-0.25, -0.2) is 34.0 Å². The molecule has 6 aromatic heterocycles. The standard InChI is InChI=1S/3C21H24NS.Ir/c3*1-10-11(2)16(7)21-18(14(10)5)9-19(23-21)20-15(6)12(3)13(4)17(8)22-20;/h3*1-8H3;/q3*-1;+3. The number of thiophene rings is 3. The molecular weight excluding hydrogens is 1090 g/mol. The Labute approximate surface area is 446 Å². The van der Waals surface area contributed by atoms with Crippen LogP contribution in [0, 0.1) is 184 Å². The van der Waals surface area contributed by atoms with E-state index in [4.69, 9.17) is 15.0 Å². The molecule has 0 saturated carbocycles. The summed E-state index contributed by atoms with van der Waals surface area (Å²) in [4.78, 5) is 18.1. The van der Waals surface area contributed by atoms with Crippen molar-refractivity contribution in [2.45, 2.75) is 166 Å². The molecule has 0 bridgehead atoms. The van der Waals surface area contributed by atoms with Crippen molar-refractivity contribution in [2.24, 2.45) is 0 Å². The summed E-state index contributed by atoms with van der Waals surface area (Å²) in [7, 11) is 0. The molecule has 3 nitrogen and oxygen atoms in total. The molecule has 3 aromatic carbocycles. The van der Waals surface area contributed by atoms with Crippen LogP contribution in [0.25, 0.3) is 62.0 Å². The van der Waals surface area contributed by atoms with Gasteiger partial charge in [0.2, 0.25) is 0 Å². The number of nitrogens with zero attached hydrogens (tertiary/aromatic N) is 3. The van der Waals surface area contributed by atoms with Crippen LogP contribution in [0.4, 0.5) is 0 Å². The van der Waals surface area contributed by atoms with Crippen LogP contribution in [0.5, 0.6) is 0 Å². The van der Waals surface area contributed by atoms with Gasteiger partial charge in [-0.05, 0) is 191 Å². The Morgan fingerprint density at radius 3 is 0.629 bits per heavy atom. The molecule has 9 aromatic rings. The smallest absolute Gasteiger partial charge is 0.299 e. The quantitative estimate of drug-likeness (QED) is 0.166. The zero-order chi connectivity index (χ0) is 51.1. The Balaban J connectivity index is 0.000000171. The number of aromatic nitrogens is 3. The van der Waals surface area contributed by atoms with Crippen molar-refractivity contribution in [3.8, 4) is 31.7 Å². The minimum Gasteiger partial charge on any atom is -0.299 e. The van der Waals surface area contributed by atoms with Crippen molar-refractivity contribution < 1.29 is 20.1 Å². The minimum atomic E-state index is 0. The van der Waals surface area contributed by atoms with Gasteiger partial charge in [0.15, 0.2) is 0 Å². The molecule has 0 saturated heterocycles. The Hall–Kier alpha value is -4.36. The van der Waals surface area contributed by atoms with Gasteiger partial charge in [-0.15, -0.1) is 51.0 Å². The first-order valence-corrected chi connectivity index (χ1v) is 26.8. The van der Waals surface area contributed by atoms with Crippen molar-refractivity contribution in [3.63, 3.8) is 0 Å².